The lowest BCUT2D eigenvalue weighted by atomic mass is 9.86. The molecule has 5 rings (SSSR count). The van der Waals surface area contributed by atoms with Gasteiger partial charge in [0.25, 0.3) is 11.8 Å². The van der Waals surface area contributed by atoms with E-state index in [1.807, 2.05) is 79.5 Å². The number of hydrogen-bond donors (Lipinski definition) is 3. The van der Waals surface area contributed by atoms with E-state index in [9.17, 15) is 14.7 Å². The second-order valence-electron chi connectivity index (χ2n) is 14.1. The Kier molecular flexibility index (Phi) is 11.0. The highest BCUT2D eigenvalue weighted by molar-refractivity contribution is 7.09. The topological polar surface area (TPSA) is 97.8 Å². The van der Waals surface area contributed by atoms with Crippen LogP contribution in [0.5, 0.6) is 0 Å². The lowest BCUT2D eigenvalue weighted by Gasteiger charge is -2.30. The number of carbonyl (C=O) groups excluding carboxylic acids is 2. The number of thiazole rings is 1. The third kappa shape index (κ3) is 8.32. The molecule has 4 unspecified atom stereocenters. The van der Waals surface area contributed by atoms with Crippen molar-refractivity contribution in [2.45, 2.75) is 83.6 Å². The molecule has 0 spiro atoms. The van der Waals surface area contributed by atoms with Crippen molar-refractivity contribution >= 4 is 28.8 Å². The zero-order valence-electron chi connectivity index (χ0n) is 29.2. The Labute approximate surface area is 289 Å². The number of hydrogen-bond acceptors (Lipinski definition) is 7. The fraction of sp³-hybridized carbons (Fsp3) is 0.410. The van der Waals surface area contributed by atoms with Crippen LogP contribution in [0.3, 0.4) is 0 Å². The van der Waals surface area contributed by atoms with Gasteiger partial charge in [-0.15, -0.1) is 11.3 Å². The molecule has 2 amide bonds. The maximum absolute atomic E-state index is 13.9. The molecule has 2 heterocycles. The lowest BCUT2D eigenvalue weighted by Crippen LogP contribution is -2.47. The summed E-state index contributed by atoms with van der Waals surface area (Å²) in [4.78, 5) is 36.2. The van der Waals surface area contributed by atoms with Crippen LogP contribution in [0.15, 0.2) is 78.2 Å². The molecule has 1 fully saturated rings. The van der Waals surface area contributed by atoms with E-state index in [0.717, 1.165) is 40.4 Å². The number of anilines is 1. The summed E-state index contributed by atoms with van der Waals surface area (Å²) in [6, 6.07) is 22.5. The Hall–Kier alpha value is -4.05. The largest absolute Gasteiger partial charge is 0.389 e. The molecule has 0 bridgehead atoms. The minimum atomic E-state index is -0.938. The number of benzene rings is 3. The molecule has 3 aromatic carbocycles. The van der Waals surface area contributed by atoms with Gasteiger partial charge in [0.05, 0.1) is 24.2 Å². The van der Waals surface area contributed by atoms with E-state index >= 15 is 0 Å². The van der Waals surface area contributed by atoms with Gasteiger partial charge in [-0.1, -0.05) is 75.4 Å². The monoisotopic (exact) mass is 667 g/mol. The number of aromatic nitrogens is 1. The molecular weight excluding hydrogens is 619 g/mol. The summed E-state index contributed by atoms with van der Waals surface area (Å²) < 4.78 is 0. The SMILES string of the molecule is Cc1csc(C2CCCN2C(=O)c2cc(C(=O)NC(C)C(O)C(NCc3cccc(C(C)(C)C)c3)c3ccccc3)cc(N(C)C)c2)n1. The predicted octanol–water partition coefficient (Wildman–Crippen LogP) is 6.80. The van der Waals surface area contributed by atoms with Crippen LogP contribution < -0.4 is 15.5 Å². The van der Waals surface area contributed by atoms with Gasteiger partial charge in [0.1, 0.15) is 5.01 Å². The average Bonchev–Trinajstić information content (AvgIpc) is 3.73. The molecule has 0 radical (unpaired) electrons. The van der Waals surface area contributed by atoms with Gasteiger partial charge in [-0.3, -0.25) is 9.59 Å². The number of likely N-dealkylation sites (tertiary alicyclic amines) is 1. The van der Waals surface area contributed by atoms with E-state index in [1.165, 1.54) is 5.56 Å². The molecule has 9 heteroatoms. The Bertz CT molecular complexity index is 1710. The van der Waals surface area contributed by atoms with Crippen LogP contribution >= 0.6 is 11.3 Å². The first-order valence-electron chi connectivity index (χ1n) is 16.7. The maximum atomic E-state index is 13.9. The van der Waals surface area contributed by atoms with E-state index in [-0.39, 0.29) is 23.3 Å². The zero-order chi connectivity index (χ0) is 34.6. The quantitative estimate of drug-likeness (QED) is 0.163. The number of aliphatic hydroxyl groups excluding tert-OH is 1. The van der Waals surface area contributed by atoms with E-state index in [1.54, 1.807) is 23.5 Å². The molecule has 4 aromatic rings. The number of rotatable bonds is 11. The predicted molar refractivity (Wildman–Crippen MR) is 195 cm³/mol. The molecule has 254 valence electrons. The van der Waals surface area contributed by atoms with Crippen LogP contribution in [0, 0.1) is 6.92 Å². The summed E-state index contributed by atoms with van der Waals surface area (Å²) in [5.41, 5.74) is 5.86. The highest BCUT2D eigenvalue weighted by Crippen LogP contribution is 2.35. The number of nitrogens with zero attached hydrogens (tertiary/aromatic N) is 3. The van der Waals surface area contributed by atoms with Gasteiger partial charge in [0.2, 0.25) is 0 Å². The first-order chi connectivity index (χ1) is 22.8. The van der Waals surface area contributed by atoms with Gasteiger partial charge in [-0.2, -0.15) is 0 Å². The minimum absolute atomic E-state index is 0.0259. The van der Waals surface area contributed by atoms with Crippen molar-refractivity contribution in [1.29, 1.82) is 0 Å². The first kappa shape index (κ1) is 35.3. The maximum Gasteiger partial charge on any atom is 0.254 e. The van der Waals surface area contributed by atoms with Gasteiger partial charge >= 0.3 is 0 Å². The van der Waals surface area contributed by atoms with E-state index < -0.39 is 18.2 Å². The first-order valence-corrected chi connectivity index (χ1v) is 17.6. The summed E-state index contributed by atoms with van der Waals surface area (Å²) in [5, 5.41) is 21.3. The van der Waals surface area contributed by atoms with Gasteiger partial charge < -0.3 is 25.5 Å². The molecule has 8 nitrogen and oxygen atoms in total. The fourth-order valence-corrected chi connectivity index (χ4v) is 7.16. The smallest absolute Gasteiger partial charge is 0.254 e. The highest BCUT2D eigenvalue weighted by Gasteiger charge is 2.33. The van der Waals surface area contributed by atoms with E-state index in [2.05, 4.69) is 60.7 Å². The Morgan fingerprint density at radius 3 is 2.44 bits per heavy atom. The van der Waals surface area contributed by atoms with E-state index in [0.29, 0.717) is 24.2 Å². The molecule has 0 aliphatic carbocycles. The van der Waals surface area contributed by atoms with Crippen LogP contribution in [0.2, 0.25) is 0 Å². The Morgan fingerprint density at radius 2 is 1.77 bits per heavy atom. The van der Waals surface area contributed by atoms with Crippen molar-refractivity contribution < 1.29 is 14.7 Å². The molecule has 0 saturated carbocycles. The summed E-state index contributed by atoms with van der Waals surface area (Å²) in [5.74, 6) is -0.461. The van der Waals surface area contributed by atoms with Gasteiger partial charge in [-0.25, -0.2) is 4.98 Å². The van der Waals surface area contributed by atoms with Crippen LogP contribution in [-0.2, 0) is 12.0 Å². The number of aryl methyl sites for hydroxylation is 1. The Balaban J connectivity index is 1.34. The van der Waals surface area contributed by atoms with Crippen LogP contribution in [0.1, 0.15) is 101 Å². The number of aliphatic hydroxyl groups is 1. The van der Waals surface area contributed by atoms with Crippen molar-refractivity contribution in [2.24, 2.45) is 0 Å². The molecule has 4 atom stereocenters. The molecule has 48 heavy (non-hydrogen) atoms. The minimum Gasteiger partial charge on any atom is -0.389 e. The van der Waals surface area contributed by atoms with Crippen molar-refractivity contribution in [2.75, 3.05) is 25.5 Å². The zero-order valence-corrected chi connectivity index (χ0v) is 30.0. The molecule has 1 aliphatic heterocycles. The van der Waals surface area contributed by atoms with Crippen molar-refractivity contribution in [3.63, 3.8) is 0 Å². The molecule has 3 N–H and O–H groups in total. The third-order valence-corrected chi connectivity index (χ3v) is 10.1. The van der Waals surface area contributed by atoms with Gasteiger partial charge in [-0.05, 0) is 67.0 Å². The number of amides is 2. The third-order valence-electron chi connectivity index (χ3n) is 9.07. The van der Waals surface area contributed by atoms with Crippen molar-refractivity contribution in [1.82, 2.24) is 20.5 Å². The van der Waals surface area contributed by atoms with Crippen molar-refractivity contribution in [3.05, 3.63) is 117 Å². The molecule has 1 aliphatic rings. The van der Waals surface area contributed by atoms with Gasteiger partial charge in [0, 0.05) is 55.1 Å². The van der Waals surface area contributed by atoms with Crippen LogP contribution in [0.4, 0.5) is 5.69 Å². The summed E-state index contributed by atoms with van der Waals surface area (Å²) in [6.07, 6.45) is 0.837. The summed E-state index contributed by atoms with van der Waals surface area (Å²) in [6.45, 7) is 11.6. The average molecular weight is 668 g/mol. The summed E-state index contributed by atoms with van der Waals surface area (Å²) in [7, 11) is 3.78. The standard InChI is InChI=1S/C39H49N5O3S/c1-25-24-48-37(41-25)33-17-12-18-44(33)38(47)30-20-29(21-32(22-30)43(6)7)36(46)42-26(2)35(45)34(28-14-9-8-10-15-28)40-23-27-13-11-16-31(19-27)39(3,4)5/h8-11,13-16,19-22,24,26,33-35,40,45H,12,17-18,23H2,1-7H3,(H,42,46). The second-order valence-corrected chi connectivity index (χ2v) is 15.0. The second kappa shape index (κ2) is 15.0. The molecule has 1 saturated heterocycles. The van der Waals surface area contributed by atoms with Crippen LogP contribution in [-0.4, -0.2) is 59.6 Å². The number of carbonyl (C=O) groups is 2. The normalized spacial score (nSPS) is 16.8. The fourth-order valence-electron chi connectivity index (χ4n) is 6.22. The summed E-state index contributed by atoms with van der Waals surface area (Å²) >= 11 is 1.59. The van der Waals surface area contributed by atoms with Crippen molar-refractivity contribution in [3.8, 4) is 0 Å². The van der Waals surface area contributed by atoms with Crippen LogP contribution in [0.25, 0.3) is 0 Å². The highest BCUT2D eigenvalue weighted by atomic mass is 32.1. The molecule has 1 aromatic heterocycles. The Morgan fingerprint density at radius 1 is 1.04 bits per heavy atom. The number of nitrogens with one attached hydrogen (secondary N) is 2. The lowest BCUT2D eigenvalue weighted by molar-refractivity contribution is 0.0733. The van der Waals surface area contributed by atoms with Gasteiger partial charge in [0.15, 0.2) is 0 Å². The van der Waals surface area contributed by atoms with E-state index in [4.69, 9.17) is 0 Å². The molecular formula is C39H49N5O3S.